The lowest BCUT2D eigenvalue weighted by atomic mass is 10.2. The molecule has 2 aromatic carbocycles. The van der Waals surface area contributed by atoms with Crippen molar-refractivity contribution in [2.75, 3.05) is 43.6 Å². The third-order valence-corrected chi connectivity index (χ3v) is 5.30. The van der Waals surface area contributed by atoms with Crippen LogP contribution in [0.15, 0.2) is 48.5 Å². The highest BCUT2D eigenvalue weighted by Crippen LogP contribution is 2.20. The Morgan fingerprint density at radius 2 is 1.85 bits per heavy atom. The molecule has 1 aliphatic rings. The number of hydrogen-bond donors (Lipinski definition) is 1. The fraction of sp³-hybridized carbons (Fsp3) is 0.381. The normalized spacial score (nSPS) is 15.6. The molecule has 0 radical (unpaired) electrons. The van der Waals surface area contributed by atoms with E-state index in [4.69, 9.17) is 16.3 Å². The molecular weight excluding hydrogens is 362 g/mol. The zero-order valence-corrected chi connectivity index (χ0v) is 16.6. The first-order valence-corrected chi connectivity index (χ1v) is 9.59. The van der Waals surface area contributed by atoms with Crippen molar-refractivity contribution in [3.8, 4) is 0 Å². The van der Waals surface area contributed by atoms with Crippen LogP contribution in [0, 0.1) is 0 Å². The number of rotatable bonds is 6. The molecule has 1 N–H and O–H groups in total. The van der Waals surface area contributed by atoms with Crippen LogP contribution in [0.3, 0.4) is 0 Å². The van der Waals surface area contributed by atoms with Gasteiger partial charge in [0, 0.05) is 36.0 Å². The molecule has 5 nitrogen and oxygen atoms in total. The second kappa shape index (κ2) is 9.22. The van der Waals surface area contributed by atoms with Gasteiger partial charge in [0.2, 0.25) is 5.91 Å². The van der Waals surface area contributed by atoms with Gasteiger partial charge in [-0.2, -0.15) is 0 Å². The number of carbonyl (C=O) groups excluding carboxylic acids is 1. The van der Waals surface area contributed by atoms with Gasteiger partial charge in [0.1, 0.15) is 0 Å². The number of nitrogens with zero attached hydrogens (tertiary/aromatic N) is 2. The van der Waals surface area contributed by atoms with Gasteiger partial charge in [-0.05, 0) is 49.9 Å². The average Bonchev–Trinajstić information content (AvgIpc) is 2.70. The number of carbonyl (C=O) groups is 1. The molecule has 0 bridgehead atoms. The summed E-state index contributed by atoms with van der Waals surface area (Å²) in [6, 6.07) is 15.4. The van der Waals surface area contributed by atoms with Crippen LogP contribution in [-0.4, -0.2) is 50.2 Å². The Balaban J connectivity index is 1.56. The molecule has 1 amide bonds. The monoisotopic (exact) mass is 387 g/mol. The zero-order chi connectivity index (χ0) is 19.2. The SMILES string of the molecule is CC(C(=O)Nc1ccc(N2CCOCC2)cc1)N(C)Cc1ccccc1Cl. The molecule has 0 aromatic heterocycles. The Morgan fingerprint density at radius 3 is 2.52 bits per heavy atom. The quantitative estimate of drug-likeness (QED) is 0.822. The lowest BCUT2D eigenvalue weighted by Gasteiger charge is -2.29. The third-order valence-electron chi connectivity index (χ3n) is 4.93. The van der Waals surface area contributed by atoms with Crippen molar-refractivity contribution in [3.63, 3.8) is 0 Å². The fourth-order valence-corrected chi connectivity index (χ4v) is 3.25. The van der Waals surface area contributed by atoms with E-state index in [-0.39, 0.29) is 11.9 Å². The first kappa shape index (κ1) is 19.7. The van der Waals surface area contributed by atoms with E-state index in [1.165, 1.54) is 0 Å². The van der Waals surface area contributed by atoms with Crippen LogP contribution < -0.4 is 10.2 Å². The Labute approximate surface area is 165 Å². The number of anilines is 2. The lowest BCUT2D eigenvalue weighted by Crippen LogP contribution is -2.39. The highest BCUT2D eigenvalue weighted by molar-refractivity contribution is 6.31. The maximum Gasteiger partial charge on any atom is 0.241 e. The van der Waals surface area contributed by atoms with E-state index in [0.717, 1.165) is 48.3 Å². The number of morpholine rings is 1. The molecule has 1 fully saturated rings. The van der Waals surface area contributed by atoms with Gasteiger partial charge < -0.3 is 15.0 Å². The summed E-state index contributed by atoms with van der Waals surface area (Å²) in [5.41, 5.74) is 2.96. The fourth-order valence-electron chi connectivity index (χ4n) is 3.06. The second-order valence-electron chi connectivity index (χ2n) is 6.82. The molecule has 1 aliphatic heterocycles. The van der Waals surface area contributed by atoms with Crippen LogP contribution in [0.1, 0.15) is 12.5 Å². The van der Waals surface area contributed by atoms with Gasteiger partial charge in [0.25, 0.3) is 0 Å². The maximum absolute atomic E-state index is 12.6. The zero-order valence-electron chi connectivity index (χ0n) is 15.8. The van der Waals surface area contributed by atoms with Crippen LogP contribution in [0.5, 0.6) is 0 Å². The van der Waals surface area contributed by atoms with Gasteiger partial charge in [-0.3, -0.25) is 9.69 Å². The summed E-state index contributed by atoms with van der Waals surface area (Å²) in [4.78, 5) is 16.9. The standard InChI is InChI=1S/C21H26ClN3O2/c1-16(24(2)15-17-5-3-4-6-20(17)22)21(26)23-18-7-9-19(10-8-18)25-11-13-27-14-12-25/h3-10,16H,11-15H2,1-2H3,(H,23,26). The van der Waals surface area contributed by atoms with E-state index < -0.39 is 0 Å². The predicted molar refractivity (Wildman–Crippen MR) is 110 cm³/mol. The highest BCUT2D eigenvalue weighted by atomic mass is 35.5. The van der Waals surface area contributed by atoms with Crippen molar-refractivity contribution in [2.24, 2.45) is 0 Å². The summed E-state index contributed by atoms with van der Waals surface area (Å²) < 4.78 is 5.38. The van der Waals surface area contributed by atoms with Gasteiger partial charge in [-0.25, -0.2) is 0 Å². The first-order valence-electron chi connectivity index (χ1n) is 9.22. The molecule has 6 heteroatoms. The molecule has 1 saturated heterocycles. The van der Waals surface area contributed by atoms with E-state index >= 15 is 0 Å². The van der Waals surface area contributed by atoms with Gasteiger partial charge in [-0.1, -0.05) is 29.8 Å². The topological polar surface area (TPSA) is 44.8 Å². The van der Waals surface area contributed by atoms with Gasteiger partial charge >= 0.3 is 0 Å². The van der Waals surface area contributed by atoms with Crippen molar-refractivity contribution in [3.05, 3.63) is 59.1 Å². The second-order valence-corrected chi connectivity index (χ2v) is 7.23. The average molecular weight is 388 g/mol. The predicted octanol–water partition coefficient (Wildman–Crippen LogP) is 3.64. The Morgan fingerprint density at radius 1 is 1.19 bits per heavy atom. The van der Waals surface area contributed by atoms with E-state index in [9.17, 15) is 4.79 Å². The molecular formula is C21H26ClN3O2. The van der Waals surface area contributed by atoms with Crippen molar-refractivity contribution in [1.82, 2.24) is 4.90 Å². The molecule has 1 heterocycles. The third kappa shape index (κ3) is 5.22. The van der Waals surface area contributed by atoms with E-state index in [2.05, 4.69) is 10.2 Å². The summed E-state index contributed by atoms with van der Waals surface area (Å²) >= 11 is 6.22. The molecule has 3 rings (SSSR count). The highest BCUT2D eigenvalue weighted by Gasteiger charge is 2.19. The molecule has 0 aliphatic carbocycles. The summed E-state index contributed by atoms with van der Waals surface area (Å²) in [7, 11) is 1.93. The molecule has 144 valence electrons. The lowest BCUT2D eigenvalue weighted by molar-refractivity contribution is -0.120. The van der Waals surface area contributed by atoms with Crippen LogP contribution in [-0.2, 0) is 16.1 Å². The first-order chi connectivity index (χ1) is 13.0. The minimum absolute atomic E-state index is 0.0383. The molecule has 0 saturated carbocycles. The smallest absolute Gasteiger partial charge is 0.241 e. The number of hydrogen-bond acceptors (Lipinski definition) is 4. The van der Waals surface area contributed by atoms with Crippen LogP contribution in [0.25, 0.3) is 0 Å². The van der Waals surface area contributed by atoms with Gasteiger partial charge in [-0.15, -0.1) is 0 Å². The van der Waals surface area contributed by atoms with Crippen molar-refractivity contribution in [1.29, 1.82) is 0 Å². The molecule has 0 spiro atoms. The van der Waals surface area contributed by atoms with E-state index in [1.807, 2.05) is 67.4 Å². The Kier molecular flexibility index (Phi) is 6.72. The molecule has 1 unspecified atom stereocenters. The molecule has 2 aromatic rings. The number of nitrogens with one attached hydrogen (secondary N) is 1. The Bertz CT molecular complexity index is 760. The van der Waals surface area contributed by atoms with Crippen LogP contribution >= 0.6 is 11.6 Å². The largest absolute Gasteiger partial charge is 0.378 e. The number of amides is 1. The van der Waals surface area contributed by atoms with E-state index in [0.29, 0.717) is 6.54 Å². The summed E-state index contributed by atoms with van der Waals surface area (Å²) in [6.45, 7) is 5.82. The molecule has 27 heavy (non-hydrogen) atoms. The van der Waals surface area contributed by atoms with Crippen LogP contribution in [0.2, 0.25) is 5.02 Å². The number of halogens is 1. The number of likely N-dealkylation sites (N-methyl/N-ethyl adjacent to an activating group) is 1. The van der Waals surface area contributed by atoms with Crippen LogP contribution in [0.4, 0.5) is 11.4 Å². The van der Waals surface area contributed by atoms with E-state index in [1.54, 1.807) is 0 Å². The molecule has 1 atom stereocenters. The minimum Gasteiger partial charge on any atom is -0.378 e. The van der Waals surface area contributed by atoms with Gasteiger partial charge in [0.05, 0.1) is 19.3 Å². The van der Waals surface area contributed by atoms with Crippen molar-refractivity contribution >= 4 is 28.9 Å². The summed E-state index contributed by atoms with van der Waals surface area (Å²) in [5, 5.41) is 3.71. The van der Waals surface area contributed by atoms with Crippen molar-refractivity contribution < 1.29 is 9.53 Å². The Hall–Kier alpha value is -2.08. The van der Waals surface area contributed by atoms with Crippen molar-refractivity contribution in [2.45, 2.75) is 19.5 Å². The number of benzene rings is 2. The summed E-state index contributed by atoms with van der Waals surface area (Å²) in [5.74, 6) is -0.0383. The minimum atomic E-state index is -0.278. The maximum atomic E-state index is 12.6. The number of ether oxygens (including phenoxy) is 1. The van der Waals surface area contributed by atoms with Gasteiger partial charge in [0.15, 0.2) is 0 Å². The summed E-state index contributed by atoms with van der Waals surface area (Å²) in [6.07, 6.45) is 0.